The molecule has 0 bridgehead atoms. The molecule has 0 aliphatic heterocycles. The highest BCUT2D eigenvalue weighted by Crippen LogP contribution is 2.21. The van der Waals surface area contributed by atoms with E-state index in [0.29, 0.717) is 5.56 Å². The number of pyridine rings is 1. The molecule has 0 amide bonds. The molecule has 0 fully saturated rings. The fourth-order valence-corrected chi connectivity index (χ4v) is 2.92. The number of aromatic nitrogens is 1. The molecule has 24 heavy (non-hydrogen) atoms. The molecule has 0 radical (unpaired) electrons. The van der Waals surface area contributed by atoms with E-state index in [2.05, 4.69) is 14.4 Å². The van der Waals surface area contributed by atoms with Gasteiger partial charge in [0, 0.05) is 6.07 Å². The number of halogens is 4. The van der Waals surface area contributed by atoms with Crippen molar-refractivity contribution in [3.8, 4) is 5.88 Å². The molecule has 0 saturated heterocycles. The van der Waals surface area contributed by atoms with Gasteiger partial charge in [0.15, 0.2) is 6.61 Å². The van der Waals surface area contributed by atoms with Crippen LogP contribution in [-0.4, -0.2) is 26.2 Å². The molecule has 1 heterocycles. The number of ether oxygens (including phenoxy) is 1. The normalized spacial score (nSPS) is 12.0. The first-order valence-corrected chi connectivity index (χ1v) is 8.00. The molecule has 1 aromatic heterocycles. The van der Waals surface area contributed by atoms with E-state index in [9.17, 15) is 26.0 Å². The van der Waals surface area contributed by atoms with E-state index in [0.717, 1.165) is 30.5 Å². The second-order valence-corrected chi connectivity index (χ2v) is 6.48. The molecule has 10 heteroatoms. The zero-order valence-corrected chi connectivity index (χ0v) is 13.1. The predicted octanol–water partition coefficient (Wildman–Crippen LogP) is 3.27. The van der Waals surface area contributed by atoms with Crippen LogP contribution in [0.2, 0.25) is 0 Å². The van der Waals surface area contributed by atoms with E-state index in [1.54, 1.807) is 6.92 Å². The van der Waals surface area contributed by atoms with E-state index < -0.39 is 33.5 Å². The lowest BCUT2D eigenvalue weighted by molar-refractivity contribution is -0.154. The van der Waals surface area contributed by atoms with Crippen LogP contribution in [0.5, 0.6) is 5.88 Å². The molecular formula is C14H12F4N2O3S. The van der Waals surface area contributed by atoms with E-state index in [1.165, 1.54) is 6.07 Å². The Labute approximate surface area is 135 Å². The van der Waals surface area contributed by atoms with Gasteiger partial charge in [0.05, 0.1) is 11.9 Å². The molecule has 0 saturated carbocycles. The maximum atomic E-state index is 13.7. The Morgan fingerprint density at radius 2 is 1.92 bits per heavy atom. The van der Waals surface area contributed by atoms with Gasteiger partial charge in [0.25, 0.3) is 10.0 Å². The molecule has 1 N–H and O–H groups in total. The maximum Gasteiger partial charge on any atom is 0.422 e. The Morgan fingerprint density at radius 1 is 1.21 bits per heavy atom. The summed E-state index contributed by atoms with van der Waals surface area (Å²) in [6.07, 6.45) is -3.54. The Bertz CT molecular complexity index is 821. The summed E-state index contributed by atoms with van der Waals surface area (Å²) in [6, 6.07) is 5.82. The summed E-state index contributed by atoms with van der Waals surface area (Å²) in [5.41, 5.74) is 0.501. The van der Waals surface area contributed by atoms with Crippen LogP contribution in [0.4, 0.5) is 23.2 Å². The third-order valence-corrected chi connectivity index (χ3v) is 4.14. The summed E-state index contributed by atoms with van der Waals surface area (Å²) in [6.45, 7) is 0.0897. The summed E-state index contributed by atoms with van der Waals surface area (Å²) >= 11 is 0. The first kappa shape index (κ1) is 18.0. The molecule has 2 rings (SSSR count). The van der Waals surface area contributed by atoms with Crippen molar-refractivity contribution in [3.05, 3.63) is 47.9 Å². The molecule has 0 spiro atoms. The number of sulfonamides is 1. The Hall–Kier alpha value is -2.36. The second kappa shape index (κ2) is 6.63. The van der Waals surface area contributed by atoms with Gasteiger partial charge < -0.3 is 4.74 Å². The number of benzene rings is 1. The van der Waals surface area contributed by atoms with Crippen LogP contribution in [0, 0.1) is 12.7 Å². The molecule has 5 nitrogen and oxygen atoms in total. The topological polar surface area (TPSA) is 68.3 Å². The highest BCUT2D eigenvalue weighted by Gasteiger charge is 2.28. The van der Waals surface area contributed by atoms with Crippen molar-refractivity contribution in [1.29, 1.82) is 0 Å². The quantitative estimate of drug-likeness (QED) is 0.827. The number of nitrogens with zero attached hydrogens (tertiary/aromatic N) is 1. The number of nitrogens with one attached hydrogen (secondary N) is 1. The zero-order chi connectivity index (χ0) is 18.0. The fourth-order valence-electron chi connectivity index (χ4n) is 1.71. The Morgan fingerprint density at radius 3 is 2.50 bits per heavy atom. The molecule has 0 aliphatic carbocycles. The van der Waals surface area contributed by atoms with E-state index in [4.69, 9.17) is 0 Å². The minimum absolute atomic E-state index is 0.0461. The number of anilines is 1. The van der Waals surface area contributed by atoms with Crippen molar-refractivity contribution < 1.29 is 30.7 Å². The third-order valence-electron chi connectivity index (χ3n) is 2.75. The smallest absolute Gasteiger partial charge is 0.422 e. The van der Waals surface area contributed by atoms with Gasteiger partial charge in [-0.25, -0.2) is 17.8 Å². The maximum absolute atomic E-state index is 13.7. The number of hydrogen-bond donors (Lipinski definition) is 1. The lowest BCUT2D eigenvalue weighted by Gasteiger charge is -2.11. The average Bonchev–Trinajstić information content (AvgIpc) is 2.48. The summed E-state index contributed by atoms with van der Waals surface area (Å²) in [5.74, 6) is -1.25. The van der Waals surface area contributed by atoms with E-state index >= 15 is 0 Å². The van der Waals surface area contributed by atoms with Crippen molar-refractivity contribution in [2.45, 2.75) is 18.0 Å². The van der Waals surface area contributed by atoms with Crippen LogP contribution in [0.25, 0.3) is 0 Å². The van der Waals surface area contributed by atoms with Crippen LogP contribution in [0.1, 0.15) is 5.56 Å². The van der Waals surface area contributed by atoms with Gasteiger partial charge in [-0.05, 0) is 30.7 Å². The lowest BCUT2D eigenvalue weighted by Crippen LogP contribution is -2.19. The summed E-state index contributed by atoms with van der Waals surface area (Å²) in [4.78, 5) is 3.01. The monoisotopic (exact) mass is 364 g/mol. The van der Waals surface area contributed by atoms with E-state index in [-0.39, 0.29) is 11.6 Å². The van der Waals surface area contributed by atoms with Crippen molar-refractivity contribution >= 4 is 15.7 Å². The number of rotatable bonds is 5. The van der Waals surface area contributed by atoms with Gasteiger partial charge in [-0.3, -0.25) is 4.72 Å². The first-order valence-electron chi connectivity index (χ1n) is 6.51. The fraction of sp³-hybridized carbons (Fsp3) is 0.214. The lowest BCUT2D eigenvalue weighted by atomic mass is 10.2. The van der Waals surface area contributed by atoms with Gasteiger partial charge in [-0.2, -0.15) is 13.2 Å². The SMILES string of the molecule is Cc1ccc(F)c(S(=O)(=O)Nc2ccc(OCC(F)(F)F)nc2)c1. The first-order chi connectivity index (χ1) is 11.1. The van der Waals surface area contributed by atoms with Gasteiger partial charge in [0.1, 0.15) is 10.7 Å². The van der Waals surface area contributed by atoms with Crippen molar-refractivity contribution in [2.75, 3.05) is 11.3 Å². The Balaban J connectivity index is 2.14. The largest absolute Gasteiger partial charge is 0.468 e. The standard InChI is InChI=1S/C14H12F4N2O3S/c1-9-2-4-11(15)12(6-9)24(21,22)20-10-3-5-13(19-7-10)23-8-14(16,17)18/h2-7,20H,8H2,1H3. The predicted molar refractivity (Wildman–Crippen MR) is 77.7 cm³/mol. The minimum atomic E-state index is -4.51. The van der Waals surface area contributed by atoms with Crippen LogP contribution < -0.4 is 9.46 Å². The van der Waals surface area contributed by atoms with Gasteiger partial charge in [-0.15, -0.1) is 0 Å². The molecular weight excluding hydrogens is 352 g/mol. The van der Waals surface area contributed by atoms with Crippen LogP contribution >= 0.6 is 0 Å². The number of aryl methyl sites for hydroxylation is 1. The molecule has 0 atom stereocenters. The van der Waals surface area contributed by atoms with Gasteiger partial charge in [-0.1, -0.05) is 6.07 Å². The van der Waals surface area contributed by atoms with Gasteiger partial charge >= 0.3 is 6.18 Å². The van der Waals surface area contributed by atoms with E-state index in [1.807, 2.05) is 0 Å². The minimum Gasteiger partial charge on any atom is -0.468 e. The van der Waals surface area contributed by atoms with Crippen molar-refractivity contribution in [2.24, 2.45) is 0 Å². The average molecular weight is 364 g/mol. The Kier molecular flexibility index (Phi) is 4.97. The van der Waals surface area contributed by atoms with Crippen molar-refractivity contribution in [1.82, 2.24) is 4.98 Å². The molecule has 2 aromatic rings. The second-order valence-electron chi connectivity index (χ2n) is 4.83. The highest BCUT2D eigenvalue weighted by molar-refractivity contribution is 7.92. The summed E-state index contributed by atoms with van der Waals surface area (Å²) in [7, 11) is -4.20. The van der Waals surface area contributed by atoms with Crippen LogP contribution in [-0.2, 0) is 10.0 Å². The summed E-state index contributed by atoms with van der Waals surface area (Å²) < 4.78 is 80.6. The number of alkyl halides is 3. The molecule has 130 valence electrons. The molecule has 0 aliphatic rings. The zero-order valence-electron chi connectivity index (χ0n) is 12.3. The number of hydrogen-bond acceptors (Lipinski definition) is 4. The summed E-state index contributed by atoms with van der Waals surface area (Å²) in [5, 5.41) is 0. The molecule has 0 unspecified atom stereocenters. The highest BCUT2D eigenvalue weighted by atomic mass is 32.2. The van der Waals surface area contributed by atoms with Crippen LogP contribution in [0.15, 0.2) is 41.4 Å². The third kappa shape index (κ3) is 4.82. The van der Waals surface area contributed by atoms with Crippen molar-refractivity contribution in [3.63, 3.8) is 0 Å². The van der Waals surface area contributed by atoms with Crippen LogP contribution in [0.3, 0.4) is 0 Å². The molecule has 1 aromatic carbocycles. The van der Waals surface area contributed by atoms with Gasteiger partial charge in [0.2, 0.25) is 5.88 Å².